The molecule has 1 aromatic carbocycles. The molecule has 0 aliphatic rings. The van der Waals surface area contributed by atoms with Crippen LogP contribution in [0, 0.1) is 6.92 Å². The number of para-hydroxylation sites is 1. The van der Waals surface area contributed by atoms with Crippen LogP contribution in [-0.2, 0) is 6.54 Å². The van der Waals surface area contributed by atoms with E-state index >= 15 is 0 Å². The molecule has 0 fully saturated rings. The first-order chi connectivity index (χ1) is 11.1. The van der Waals surface area contributed by atoms with Crippen molar-refractivity contribution in [2.45, 2.75) is 13.5 Å². The fraction of sp³-hybridized carbons (Fsp3) is 0.176. The van der Waals surface area contributed by atoms with Gasteiger partial charge in [-0.15, -0.1) is 0 Å². The maximum atomic E-state index is 12.4. The quantitative estimate of drug-likeness (QED) is 0.791. The van der Waals surface area contributed by atoms with Gasteiger partial charge < -0.3 is 14.5 Å². The first-order valence-electron chi connectivity index (χ1n) is 7.05. The van der Waals surface area contributed by atoms with Gasteiger partial charge in [-0.2, -0.15) is 0 Å². The molecule has 0 spiro atoms. The Kier molecular flexibility index (Phi) is 4.21. The molecule has 3 rings (SSSR count). The highest BCUT2D eigenvalue weighted by Crippen LogP contribution is 2.30. The number of nitrogens with one attached hydrogen (secondary N) is 1. The molecule has 118 valence electrons. The van der Waals surface area contributed by atoms with E-state index in [9.17, 15) is 4.79 Å². The van der Waals surface area contributed by atoms with Gasteiger partial charge in [0.2, 0.25) is 5.88 Å². The van der Waals surface area contributed by atoms with Crippen LogP contribution in [-0.4, -0.2) is 18.0 Å². The van der Waals surface area contributed by atoms with E-state index in [1.54, 1.807) is 25.4 Å². The predicted octanol–water partition coefficient (Wildman–Crippen LogP) is 3.73. The van der Waals surface area contributed by atoms with Crippen molar-refractivity contribution >= 4 is 28.5 Å². The lowest BCUT2D eigenvalue weighted by atomic mass is 10.1. The number of hydrogen-bond acceptors (Lipinski definition) is 4. The number of nitrogens with zero attached hydrogens (tertiary/aromatic N) is 1. The number of aromatic nitrogens is 1. The van der Waals surface area contributed by atoms with E-state index in [0.717, 1.165) is 16.5 Å². The molecule has 0 unspecified atom stereocenters. The Hall–Kier alpha value is -2.53. The summed E-state index contributed by atoms with van der Waals surface area (Å²) in [5.41, 5.74) is 2.19. The monoisotopic (exact) mass is 330 g/mol. The number of amides is 1. The molecule has 1 N–H and O–H groups in total. The van der Waals surface area contributed by atoms with Crippen LogP contribution in [0.25, 0.3) is 11.0 Å². The molecule has 5 nitrogen and oxygen atoms in total. The summed E-state index contributed by atoms with van der Waals surface area (Å²) in [4.78, 5) is 16.4. The molecule has 0 bridgehead atoms. The molecule has 23 heavy (non-hydrogen) atoms. The van der Waals surface area contributed by atoms with Crippen LogP contribution in [0.2, 0.25) is 5.02 Å². The summed E-state index contributed by atoms with van der Waals surface area (Å²) in [6.45, 7) is 2.19. The summed E-state index contributed by atoms with van der Waals surface area (Å²) in [5.74, 6) is 0.489. The largest absolute Gasteiger partial charge is 0.481 e. The molecular formula is C17H15ClN2O3. The molecule has 2 heterocycles. The standard InChI is InChI=1S/C17H15ClN2O3/c1-10-12-4-3-5-13(18)16(12)23-15(10)17(21)20-9-11-6-7-19-14(8-11)22-2/h3-8H,9H2,1-2H3,(H,20,21). The van der Waals surface area contributed by atoms with Crippen molar-refractivity contribution in [3.05, 3.63) is 58.4 Å². The summed E-state index contributed by atoms with van der Waals surface area (Å²) in [7, 11) is 1.55. The van der Waals surface area contributed by atoms with Gasteiger partial charge in [0, 0.05) is 29.8 Å². The number of hydrogen-bond donors (Lipinski definition) is 1. The van der Waals surface area contributed by atoms with Crippen molar-refractivity contribution in [2.75, 3.05) is 7.11 Å². The van der Waals surface area contributed by atoms with Gasteiger partial charge in [-0.3, -0.25) is 4.79 Å². The maximum absolute atomic E-state index is 12.4. The zero-order chi connectivity index (χ0) is 16.4. The molecule has 0 saturated carbocycles. The summed E-state index contributed by atoms with van der Waals surface area (Å²) >= 11 is 6.11. The van der Waals surface area contributed by atoms with Crippen molar-refractivity contribution in [1.82, 2.24) is 10.3 Å². The van der Waals surface area contributed by atoms with Crippen LogP contribution in [0.4, 0.5) is 0 Å². The van der Waals surface area contributed by atoms with Gasteiger partial charge in [-0.05, 0) is 24.6 Å². The highest BCUT2D eigenvalue weighted by Gasteiger charge is 2.18. The number of carbonyl (C=O) groups is 1. The Morgan fingerprint density at radius 2 is 2.22 bits per heavy atom. The Morgan fingerprint density at radius 1 is 1.39 bits per heavy atom. The van der Waals surface area contributed by atoms with Crippen molar-refractivity contribution in [3.8, 4) is 5.88 Å². The maximum Gasteiger partial charge on any atom is 0.287 e. The lowest BCUT2D eigenvalue weighted by Crippen LogP contribution is -2.23. The second kappa shape index (κ2) is 6.30. The van der Waals surface area contributed by atoms with Gasteiger partial charge in [0.1, 0.15) is 0 Å². The van der Waals surface area contributed by atoms with Gasteiger partial charge in [-0.25, -0.2) is 4.98 Å². The van der Waals surface area contributed by atoms with Crippen LogP contribution < -0.4 is 10.1 Å². The van der Waals surface area contributed by atoms with E-state index < -0.39 is 0 Å². The van der Waals surface area contributed by atoms with Crippen LogP contribution >= 0.6 is 11.6 Å². The minimum absolute atomic E-state index is 0.272. The normalized spacial score (nSPS) is 10.7. The second-order valence-corrected chi connectivity index (χ2v) is 5.47. The zero-order valence-corrected chi connectivity index (χ0v) is 13.5. The molecule has 0 atom stereocenters. The van der Waals surface area contributed by atoms with Crippen LogP contribution in [0.1, 0.15) is 21.7 Å². The van der Waals surface area contributed by atoms with E-state index in [0.29, 0.717) is 23.0 Å². The Morgan fingerprint density at radius 3 is 2.96 bits per heavy atom. The highest BCUT2D eigenvalue weighted by molar-refractivity contribution is 6.35. The first-order valence-corrected chi connectivity index (χ1v) is 7.42. The molecule has 0 aliphatic heterocycles. The Balaban J connectivity index is 1.81. The zero-order valence-electron chi connectivity index (χ0n) is 12.7. The van der Waals surface area contributed by atoms with E-state index in [1.165, 1.54) is 0 Å². The number of methoxy groups -OCH3 is 1. The number of pyridine rings is 1. The minimum Gasteiger partial charge on any atom is -0.481 e. The van der Waals surface area contributed by atoms with Gasteiger partial charge in [0.25, 0.3) is 5.91 Å². The average molecular weight is 331 g/mol. The van der Waals surface area contributed by atoms with Gasteiger partial charge >= 0.3 is 0 Å². The van der Waals surface area contributed by atoms with Crippen LogP contribution in [0.5, 0.6) is 5.88 Å². The SMILES string of the molecule is COc1cc(CNC(=O)c2oc3c(Cl)cccc3c2C)ccn1. The topological polar surface area (TPSA) is 64.4 Å². The molecule has 0 saturated heterocycles. The summed E-state index contributed by atoms with van der Waals surface area (Å²) in [6.07, 6.45) is 1.63. The molecule has 0 aliphatic carbocycles. The van der Waals surface area contributed by atoms with E-state index in [1.807, 2.05) is 25.1 Å². The van der Waals surface area contributed by atoms with Crippen molar-refractivity contribution in [1.29, 1.82) is 0 Å². The van der Waals surface area contributed by atoms with E-state index in [2.05, 4.69) is 10.3 Å². The summed E-state index contributed by atoms with van der Waals surface area (Å²) < 4.78 is 10.7. The van der Waals surface area contributed by atoms with Gasteiger partial charge in [0.15, 0.2) is 11.3 Å². The Labute approximate surface area is 138 Å². The molecule has 3 aromatic rings. The average Bonchev–Trinajstić information content (AvgIpc) is 2.91. The lowest BCUT2D eigenvalue weighted by molar-refractivity contribution is 0.0924. The van der Waals surface area contributed by atoms with Gasteiger partial charge in [-0.1, -0.05) is 23.7 Å². The molecule has 0 radical (unpaired) electrons. The molecular weight excluding hydrogens is 316 g/mol. The van der Waals surface area contributed by atoms with Crippen LogP contribution in [0.15, 0.2) is 40.9 Å². The number of halogens is 1. The van der Waals surface area contributed by atoms with E-state index in [4.69, 9.17) is 20.8 Å². The summed E-state index contributed by atoms with van der Waals surface area (Å²) in [6, 6.07) is 9.02. The number of rotatable bonds is 4. The third-order valence-corrected chi connectivity index (χ3v) is 3.88. The fourth-order valence-electron chi connectivity index (χ4n) is 2.36. The third-order valence-electron chi connectivity index (χ3n) is 3.58. The number of ether oxygens (including phenoxy) is 1. The third kappa shape index (κ3) is 3.00. The lowest BCUT2D eigenvalue weighted by Gasteiger charge is -2.05. The van der Waals surface area contributed by atoms with Crippen molar-refractivity contribution in [2.24, 2.45) is 0 Å². The number of furan rings is 1. The molecule has 6 heteroatoms. The van der Waals surface area contributed by atoms with E-state index in [-0.39, 0.29) is 11.7 Å². The fourth-order valence-corrected chi connectivity index (χ4v) is 2.57. The van der Waals surface area contributed by atoms with Crippen LogP contribution in [0.3, 0.4) is 0 Å². The Bertz CT molecular complexity index is 873. The number of aryl methyl sites for hydroxylation is 1. The minimum atomic E-state index is -0.287. The number of fused-ring (bicyclic) bond motifs is 1. The molecule has 1 amide bonds. The van der Waals surface area contributed by atoms with Crippen molar-refractivity contribution < 1.29 is 13.9 Å². The van der Waals surface area contributed by atoms with Gasteiger partial charge in [0.05, 0.1) is 12.1 Å². The smallest absolute Gasteiger partial charge is 0.287 e. The second-order valence-electron chi connectivity index (χ2n) is 5.06. The van der Waals surface area contributed by atoms with Crippen molar-refractivity contribution in [3.63, 3.8) is 0 Å². The molecule has 2 aromatic heterocycles. The number of carbonyl (C=O) groups excluding carboxylic acids is 1. The first kappa shape index (κ1) is 15.4. The summed E-state index contributed by atoms with van der Waals surface area (Å²) in [5, 5.41) is 4.16. The predicted molar refractivity (Wildman–Crippen MR) is 87.9 cm³/mol. The highest BCUT2D eigenvalue weighted by atomic mass is 35.5. The number of benzene rings is 1.